The number of benzene rings is 2. The van der Waals surface area contributed by atoms with E-state index in [1.165, 1.54) is 12.1 Å². The zero-order valence-corrected chi connectivity index (χ0v) is 37.0. The lowest BCUT2D eigenvalue weighted by molar-refractivity contribution is 0.107. The molecule has 4 fully saturated rings. The number of carbonyl (C=O) groups is 1. The second-order valence-corrected chi connectivity index (χ2v) is 24.5. The number of halogens is 2. The lowest BCUT2D eigenvalue weighted by atomic mass is 9.86. The van der Waals surface area contributed by atoms with E-state index in [2.05, 4.69) is 76.7 Å². The number of nitrogens with zero attached hydrogens (tertiary/aromatic N) is 6. The number of hydrogen-bond acceptors (Lipinski definition) is 7. The number of amides is 1. The molecule has 0 aliphatic carbocycles. The van der Waals surface area contributed by atoms with E-state index in [4.69, 9.17) is 19.7 Å². The Morgan fingerprint density at radius 2 is 1.59 bits per heavy atom. The normalized spacial score (nSPS) is 24.5. The molecule has 0 radical (unpaired) electrons. The predicted octanol–water partition coefficient (Wildman–Crippen LogP) is 10.3. The lowest BCUT2D eigenvalue weighted by Crippen LogP contribution is -2.55. The van der Waals surface area contributed by atoms with Crippen molar-refractivity contribution in [3.8, 4) is 28.7 Å². The van der Waals surface area contributed by atoms with E-state index in [-0.39, 0.29) is 34.8 Å². The van der Waals surface area contributed by atoms with Crippen LogP contribution < -0.4 is 9.64 Å². The summed E-state index contributed by atoms with van der Waals surface area (Å²) in [6.45, 7) is 21.4. The summed E-state index contributed by atoms with van der Waals surface area (Å²) in [7, 11) is -2.19. The minimum atomic E-state index is -2.19. The highest BCUT2D eigenvalue weighted by Gasteiger charge is 2.51. The molecule has 4 aliphatic rings. The van der Waals surface area contributed by atoms with Crippen LogP contribution >= 0.6 is 0 Å². The highest BCUT2D eigenvalue weighted by atomic mass is 28.3. The molecule has 1 amide bonds. The van der Waals surface area contributed by atoms with Gasteiger partial charge in [-0.3, -0.25) is 14.8 Å². The second kappa shape index (κ2) is 15.9. The van der Waals surface area contributed by atoms with E-state index in [9.17, 15) is 9.90 Å². The molecule has 0 saturated carbocycles. The van der Waals surface area contributed by atoms with Gasteiger partial charge in [0, 0.05) is 48.9 Å². The van der Waals surface area contributed by atoms with Crippen LogP contribution in [0.3, 0.4) is 0 Å². The van der Waals surface area contributed by atoms with Crippen molar-refractivity contribution < 1.29 is 23.4 Å². The number of hydrogen-bond donors (Lipinski definition) is 1. The maximum atomic E-state index is 17.6. The number of carboxylic acid groups (broad SMARTS) is 1. The van der Waals surface area contributed by atoms with Gasteiger partial charge in [-0.25, -0.2) is 13.6 Å². The Morgan fingerprint density at radius 3 is 2.19 bits per heavy atom. The molecule has 6 heterocycles. The minimum Gasteiger partial charge on any atom is -0.465 e. The van der Waals surface area contributed by atoms with Crippen molar-refractivity contribution in [2.75, 3.05) is 37.7 Å². The van der Waals surface area contributed by atoms with Crippen molar-refractivity contribution in [2.45, 2.75) is 128 Å². The fourth-order valence-electron chi connectivity index (χ4n) is 11.8. The van der Waals surface area contributed by atoms with Gasteiger partial charge in [-0.2, -0.15) is 9.97 Å². The Balaban J connectivity index is 1.26. The Hall–Kier alpha value is -4.34. The Morgan fingerprint density at radius 1 is 0.949 bits per heavy atom. The number of piperazine rings is 1. The van der Waals surface area contributed by atoms with Crippen LogP contribution in [-0.4, -0.2) is 94.4 Å². The molecular weight excluding hydrogens is 763 g/mol. The first-order valence-corrected chi connectivity index (χ1v) is 24.2. The van der Waals surface area contributed by atoms with Gasteiger partial charge in [0.25, 0.3) is 0 Å². The summed E-state index contributed by atoms with van der Waals surface area (Å²) in [5.41, 5.74) is 5.99. The average Bonchev–Trinajstić information content (AvgIpc) is 3.81. The second-order valence-electron chi connectivity index (χ2n) is 18.9. The summed E-state index contributed by atoms with van der Waals surface area (Å²) < 4.78 is 39.5. The Bertz CT molecular complexity index is 2270. The molecule has 314 valence electrons. The standard InChI is InChI=1S/C47H60F2N6O3Si/c1-9-31-20-47(21-32(10-2)24-54(47)23-31)27-58-45-51-43-39(44(52-45)53-25-36-14-15-37(26-53)55(36)46(56)57)22-50-42(41(43)49)38-13-11-12-33-18-35(48)19-34(40(33)38)16-17-59(28(3)4,29(5)6)30(7)8/h11-13,18-19,22,28-32,36-37H,9-10,14-15,20-21,23-27H2,1-8H3,(H,56,57)/t31?,32?,36-,37+,47?. The number of pyridine rings is 1. The van der Waals surface area contributed by atoms with E-state index < -0.39 is 25.8 Å². The lowest BCUT2D eigenvalue weighted by Gasteiger charge is -2.40. The molecule has 0 spiro atoms. The van der Waals surface area contributed by atoms with Gasteiger partial charge >= 0.3 is 12.1 Å². The average molecular weight is 823 g/mol. The van der Waals surface area contributed by atoms with E-state index in [1.54, 1.807) is 17.2 Å². The molecule has 2 bridgehead atoms. The third-order valence-electron chi connectivity index (χ3n) is 14.7. The molecule has 1 N–H and O–H groups in total. The number of ether oxygens (including phenoxy) is 1. The van der Waals surface area contributed by atoms with Crippen molar-refractivity contribution in [3.05, 3.63) is 53.7 Å². The molecule has 2 aromatic carbocycles. The molecule has 4 aliphatic heterocycles. The van der Waals surface area contributed by atoms with Crippen LogP contribution in [0.2, 0.25) is 16.6 Å². The van der Waals surface area contributed by atoms with Gasteiger partial charge in [0.1, 0.15) is 37.5 Å². The number of rotatable bonds is 10. The summed E-state index contributed by atoms with van der Waals surface area (Å²) in [6.07, 6.45) is 6.55. The SMILES string of the molecule is CCC1CN2CC(CC)CC2(COc2nc(N3C[C@H]4CC[C@@H](C3)N4C(=O)O)c3cnc(-c4cccc5cc(F)cc(C#C[Si](C(C)C)(C(C)C)C(C)C)c45)c(F)c3n2)C1. The van der Waals surface area contributed by atoms with Crippen molar-refractivity contribution >= 4 is 41.7 Å². The fraction of sp³-hybridized carbons (Fsp3) is 0.574. The minimum absolute atomic E-state index is 0.0886. The highest BCUT2D eigenvalue weighted by Crippen LogP contribution is 2.47. The van der Waals surface area contributed by atoms with E-state index in [0.717, 1.165) is 51.6 Å². The van der Waals surface area contributed by atoms with Gasteiger partial charge in [0.15, 0.2) is 5.82 Å². The van der Waals surface area contributed by atoms with Gasteiger partial charge in [0.2, 0.25) is 0 Å². The maximum absolute atomic E-state index is 17.6. The quantitative estimate of drug-likeness (QED) is 0.125. The molecule has 2 unspecified atom stereocenters. The molecule has 8 rings (SSSR count). The Labute approximate surface area is 348 Å². The van der Waals surface area contributed by atoms with Gasteiger partial charge in [-0.15, -0.1) is 5.54 Å². The summed E-state index contributed by atoms with van der Waals surface area (Å²) in [4.78, 5) is 33.1. The van der Waals surface area contributed by atoms with Gasteiger partial charge in [-0.05, 0) is 71.7 Å². The summed E-state index contributed by atoms with van der Waals surface area (Å²) in [6, 6.07) is 8.11. The van der Waals surface area contributed by atoms with Crippen molar-refractivity contribution in [1.82, 2.24) is 24.8 Å². The fourth-order valence-corrected chi connectivity index (χ4v) is 17.0. The Kier molecular flexibility index (Phi) is 11.2. The molecular formula is C47H60F2N6O3Si. The maximum Gasteiger partial charge on any atom is 0.407 e. The molecule has 12 heteroatoms. The molecule has 59 heavy (non-hydrogen) atoms. The number of aromatic nitrogens is 3. The number of fused-ring (bicyclic) bond motifs is 5. The van der Waals surface area contributed by atoms with Gasteiger partial charge in [-0.1, -0.05) is 92.4 Å². The van der Waals surface area contributed by atoms with Crippen LogP contribution in [0, 0.1) is 34.9 Å². The molecule has 4 atom stereocenters. The van der Waals surface area contributed by atoms with Crippen molar-refractivity contribution in [2.24, 2.45) is 11.8 Å². The van der Waals surface area contributed by atoms with E-state index in [0.29, 0.717) is 81.3 Å². The summed E-state index contributed by atoms with van der Waals surface area (Å²) in [5, 5.41) is 11.7. The molecule has 4 saturated heterocycles. The third-order valence-corrected chi connectivity index (χ3v) is 21.0. The third kappa shape index (κ3) is 7.14. The van der Waals surface area contributed by atoms with Crippen molar-refractivity contribution in [3.63, 3.8) is 0 Å². The zero-order chi connectivity index (χ0) is 42.0. The monoisotopic (exact) mass is 822 g/mol. The van der Waals surface area contributed by atoms with Gasteiger partial charge < -0.3 is 14.7 Å². The largest absolute Gasteiger partial charge is 0.465 e. The van der Waals surface area contributed by atoms with Gasteiger partial charge in [0.05, 0.1) is 23.0 Å². The molecule has 2 aromatic heterocycles. The first kappa shape index (κ1) is 41.4. The van der Waals surface area contributed by atoms with Crippen LogP contribution in [0.4, 0.5) is 19.4 Å². The number of anilines is 1. The zero-order valence-electron chi connectivity index (χ0n) is 36.0. The van der Waals surface area contributed by atoms with Crippen LogP contribution in [0.5, 0.6) is 6.01 Å². The van der Waals surface area contributed by atoms with Crippen LogP contribution in [0.25, 0.3) is 32.9 Å². The summed E-state index contributed by atoms with van der Waals surface area (Å²) in [5.74, 6) is 4.14. The van der Waals surface area contributed by atoms with Crippen LogP contribution in [0.1, 0.15) is 99.5 Å². The first-order chi connectivity index (χ1) is 28.2. The van der Waals surface area contributed by atoms with Crippen LogP contribution in [-0.2, 0) is 0 Å². The molecule has 9 nitrogen and oxygen atoms in total. The topological polar surface area (TPSA) is 94.9 Å². The molecule has 4 aromatic rings. The van der Waals surface area contributed by atoms with Crippen LogP contribution in [0.15, 0.2) is 36.5 Å². The predicted molar refractivity (Wildman–Crippen MR) is 234 cm³/mol. The van der Waals surface area contributed by atoms with E-state index in [1.807, 2.05) is 12.1 Å². The summed E-state index contributed by atoms with van der Waals surface area (Å²) >= 11 is 0. The van der Waals surface area contributed by atoms with E-state index >= 15 is 8.78 Å². The smallest absolute Gasteiger partial charge is 0.407 e. The van der Waals surface area contributed by atoms with Crippen molar-refractivity contribution in [1.29, 1.82) is 0 Å². The first-order valence-electron chi connectivity index (χ1n) is 22.0. The highest BCUT2D eigenvalue weighted by molar-refractivity contribution is 6.90.